The van der Waals surface area contributed by atoms with Gasteiger partial charge in [-0.2, -0.15) is 0 Å². The van der Waals surface area contributed by atoms with Gasteiger partial charge in [-0.3, -0.25) is 0 Å². The fraction of sp³-hybridized carbons (Fsp3) is 0.667. The van der Waals surface area contributed by atoms with Gasteiger partial charge in [0.05, 0.1) is 0 Å². The molecule has 2 heteroatoms. The van der Waals surface area contributed by atoms with Gasteiger partial charge in [-0.15, -0.1) is 0 Å². The van der Waals surface area contributed by atoms with E-state index in [1.165, 1.54) is 17.0 Å². The number of aryl methyl sites for hydroxylation is 1. The molecule has 0 spiro atoms. The van der Waals surface area contributed by atoms with Crippen LogP contribution in [0.25, 0.3) is 0 Å². The molecule has 2 N–H and O–H groups in total. The summed E-state index contributed by atoms with van der Waals surface area (Å²) >= 11 is 0. The maximum atomic E-state index is 5.70. The maximum Gasteiger partial charge on any atom is 0.0279 e. The summed E-state index contributed by atoms with van der Waals surface area (Å²) in [5, 5.41) is 0. The van der Waals surface area contributed by atoms with Crippen molar-refractivity contribution in [3.05, 3.63) is 23.0 Å². The third-order valence-corrected chi connectivity index (χ3v) is 2.92. The predicted octanol–water partition coefficient (Wildman–Crippen LogP) is 2.75. The van der Waals surface area contributed by atoms with Gasteiger partial charge < -0.3 is 10.3 Å². The molecule has 1 unspecified atom stereocenters. The fourth-order valence-corrected chi connectivity index (χ4v) is 2.22. The molecule has 1 aromatic heterocycles. The minimum absolute atomic E-state index is 0.466. The van der Waals surface area contributed by atoms with E-state index < -0.39 is 0 Å². The number of aromatic nitrogens is 1. The lowest BCUT2D eigenvalue weighted by molar-refractivity contribution is 0.570. The number of nitrogens with zero attached hydrogens (tertiary/aromatic N) is 1. The van der Waals surface area contributed by atoms with Gasteiger partial charge in [0.1, 0.15) is 0 Å². The first kappa shape index (κ1) is 11.3. The van der Waals surface area contributed by atoms with Gasteiger partial charge in [0, 0.05) is 17.4 Å². The van der Waals surface area contributed by atoms with E-state index in [1.807, 2.05) is 0 Å². The summed E-state index contributed by atoms with van der Waals surface area (Å²) in [6.45, 7) is 11.7. The zero-order chi connectivity index (χ0) is 10.9. The first-order valence-electron chi connectivity index (χ1n) is 5.37. The van der Waals surface area contributed by atoms with Gasteiger partial charge in [0.25, 0.3) is 0 Å². The lowest BCUT2D eigenvalue weighted by Crippen LogP contribution is -2.11. The van der Waals surface area contributed by atoms with E-state index in [2.05, 4.69) is 45.3 Å². The van der Waals surface area contributed by atoms with E-state index in [4.69, 9.17) is 5.73 Å². The quantitative estimate of drug-likeness (QED) is 0.788. The van der Waals surface area contributed by atoms with Gasteiger partial charge in [0.15, 0.2) is 0 Å². The van der Waals surface area contributed by atoms with Crippen LogP contribution >= 0.6 is 0 Å². The third kappa shape index (κ3) is 1.85. The van der Waals surface area contributed by atoms with Crippen molar-refractivity contribution in [3.63, 3.8) is 0 Å². The van der Waals surface area contributed by atoms with Gasteiger partial charge in [-0.1, -0.05) is 6.92 Å². The second kappa shape index (κ2) is 4.18. The van der Waals surface area contributed by atoms with E-state index >= 15 is 0 Å². The van der Waals surface area contributed by atoms with Gasteiger partial charge >= 0.3 is 0 Å². The molecule has 14 heavy (non-hydrogen) atoms. The molecule has 0 saturated carbocycles. The molecular weight excluding hydrogens is 172 g/mol. The minimum atomic E-state index is 0.466. The smallest absolute Gasteiger partial charge is 0.0279 e. The van der Waals surface area contributed by atoms with Crippen molar-refractivity contribution in [1.29, 1.82) is 0 Å². The van der Waals surface area contributed by atoms with Crippen LogP contribution in [0.3, 0.4) is 0 Å². The van der Waals surface area contributed by atoms with Crippen LogP contribution in [-0.4, -0.2) is 11.1 Å². The summed E-state index contributed by atoms with van der Waals surface area (Å²) in [4.78, 5) is 0. The molecule has 1 aromatic rings. The number of nitrogens with two attached hydrogens (primary N) is 1. The molecule has 0 fully saturated rings. The summed E-state index contributed by atoms with van der Waals surface area (Å²) in [6.07, 6.45) is 0. The zero-order valence-electron chi connectivity index (χ0n) is 9.96. The predicted molar refractivity (Wildman–Crippen MR) is 61.8 cm³/mol. The maximum absolute atomic E-state index is 5.70. The summed E-state index contributed by atoms with van der Waals surface area (Å²) in [6, 6.07) is 2.81. The summed E-state index contributed by atoms with van der Waals surface area (Å²) in [7, 11) is 0. The Morgan fingerprint density at radius 3 is 2.21 bits per heavy atom. The normalized spacial score (nSPS) is 13.6. The topological polar surface area (TPSA) is 30.9 Å². The van der Waals surface area contributed by atoms with Crippen molar-refractivity contribution in [2.24, 2.45) is 5.73 Å². The average Bonchev–Trinajstić information content (AvgIpc) is 2.40. The highest BCUT2D eigenvalue weighted by Gasteiger charge is 2.14. The third-order valence-electron chi connectivity index (χ3n) is 2.92. The molecule has 2 nitrogen and oxygen atoms in total. The number of rotatable bonds is 3. The monoisotopic (exact) mass is 194 g/mol. The number of hydrogen-bond acceptors (Lipinski definition) is 1. The molecule has 0 aliphatic carbocycles. The van der Waals surface area contributed by atoms with Crippen molar-refractivity contribution >= 4 is 0 Å². The largest absolute Gasteiger partial charge is 0.346 e. The van der Waals surface area contributed by atoms with Gasteiger partial charge in [0.2, 0.25) is 0 Å². The molecule has 0 aliphatic rings. The summed E-state index contributed by atoms with van der Waals surface area (Å²) in [5.41, 5.74) is 9.81. The van der Waals surface area contributed by atoms with Crippen LogP contribution in [-0.2, 0) is 0 Å². The molecule has 0 saturated heterocycles. The second-order valence-electron chi connectivity index (χ2n) is 4.43. The Morgan fingerprint density at radius 1 is 1.29 bits per heavy atom. The Kier molecular flexibility index (Phi) is 3.38. The Balaban J connectivity index is 3.16. The van der Waals surface area contributed by atoms with Crippen molar-refractivity contribution < 1.29 is 0 Å². The molecule has 1 atom stereocenters. The lowest BCUT2D eigenvalue weighted by Gasteiger charge is -2.15. The van der Waals surface area contributed by atoms with Crippen molar-refractivity contribution in [2.45, 2.75) is 46.6 Å². The van der Waals surface area contributed by atoms with Crippen LogP contribution < -0.4 is 5.73 Å². The first-order valence-corrected chi connectivity index (χ1v) is 5.37. The highest BCUT2D eigenvalue weighted by atomic mass is 15.0. The molecule has 0 radical (unpaired) electrons. The fourth-order valence-electron chi connectivity index (χ4n) is 2.22. The Bertz CT molecular complexity index is 310. The molecular formula is C12H22N2. The summed E-state index contributed by atoms with van der Waals surface area (Å²) < 4.78 is 2.38. The minimum Gasteiger partial charge on any atom is -0.346 e. The molecule has 1 rings (SSSR count). The van der Waals surface area contributed by atoms with E-state index in [0.29, 0.717) is 12.0 Å². The lowest BCUT2D eigenvalue weighted by atomic mass is 10.0. The Morgan fingerprint density at radius 2 is 1.86 bits per heavy atom. The van der Waals surface area contributed by atoms with Crippen LogP contribution in [0.1, 0.15) is 49.7 Å². The van der Waals surface area contributed by atoms with E-state index in [9.17, 15) is 0 Å². The SMILES string of the molecule is Cc1cc(C(C)CN)c(C)n1C(C)C. The van der Waals surface area contributed by atoms with Crippen LogP contribution in [0.15, 0.2) is 6.07 Å². The van der Waals surface area contributed by atoms with Crippen molar-refractivity contribution in [3.8, 4) is 0 Å². The zero-order valence-corrected chi connectivity index (χ0v) is 9.96. The molecule has 1 heterocycles. The van der Waals surface area contributed by atoms with E-state index in [-0.39, 0.29) is 0 Å². The molecule has 0 bridgehead atoms. The van der Waals surface area contributed by atoms with E-state index in [0.717, 1.165) is 6.54 Å². The van der Waals surface area contributed by atoms with Crippen molar-refractivity contribution in [1.82, 2.24) is 4.57 Å². The second-order valence-corrected chi connectivity index (χ2v) is 4.43. The number of hydrogen-bond donors (Lipinski definition) is 1. The van der Waals surface area contributed by atoms with Crippen LogP contribution in [0.5, 0.6) is 0 Å². The Hall–Kier alpha value is -0.760. The molecule has 0 amide bonds. The molecule has 0 aromatic carbocycles. The van der Waals surface area contributed by atoms with Crippen LogP contribution in [0.4, 0.5) is 0 Å². The average molecular weight is 194 g/mol. The molecule has 0 aliphatic heterocycles. The van der Waals surface area contributed by atoms with Crippen molar-refractivity contribution in [2.75, 3.05) is 6.54 Å². The van der Waals surface area contributed by atoms with Gasteiger partial charge in [-0.25, -0.2) is 0 Å². The van der Waals surface area contributed by atoms with Crippen LogP contribution in [0, 0.1) is 13.8 Å². The van der Waals surface area contributed by atoms with E-state index in [1.54, 1.807) is 0 Å². The van der Waals surface area contributed by atoms with Gasteiger partial charge in [-0.05, 0) is 51.8 Å². The first-order chi connectivity index (χ1) is 6.49. The Labute approximate surface area is 87.1 Å². The van der Waals surface area contributed by atoms with Crippen LogP contribution in [0.2, 0.25) is 0 Å². The standard InChI is InChI=1S/C12H22N2/c1-8(2)14-10(4)6-12(11(14)5)9(3)7-13/h6,8-9H,7,13H2,1-5H3. The highest BCUT2D eigenvalue weighted by Crippen LogP contribution is 2.25. The molecule has 80 valence electrons. The summed E-state index contributed by atoms with van der Waals surface area (Å²) in [5.74, 6) is 0.466. The highest BCUT2D eigenvalue weighted by molar-refractivity contribution is 5.30.